The maximum atomic E-state index is 5.77. The second-order valence-electron chi connectivity index (χ2n) is 2.20. The molecule has 0 heterocycles. The number of hydrogen-bond acceptors (Lipinski definition) is 0. The Kier molecular flexibility index (Phi) is 3.50. The van der Waals surface area contributed by atoms with Gasteiger partial charge in [0.05, 0.1) is 0 Å². The summed E-state index contributed by atoms with van der Waals surface area (Å²) in [4.78, 5) is 0. The molecular formula is C7H6BrClMg. The van der Waals surface area contributed by atoms with Gasteiger partial charge in [0, 0.05) is 5.02 Å². The summed E-state index contributed by atoms with van der Waals surface area (Å²) in [6.07, 6.45) is 0. The highest BCUT2D eigenvalue weighted by molar-refractivity contribution is 9.23. The molecule has 0 aliphatic rings. The van der Waals surface area contributed by atoms with Crippen LogP contribution < -0.4 is 3.69 Å². The predicted octanol–water partition coefficient (Wildman–Crippen LogP) is 2.29. The SMILES string of the molecule is Cc1cc(Cl)cc[c]1[Mg][Br]. The van der Waals surface area contributed by atoms with Crippen molar-refractivity contribution in [2.75, 3.05) is 0 Å². The summed E-state index contributed by atoms with van der Waals surface area (Å²) >= 11 is 9.10. The minimum absolute atomic E-state index is 0.200. The van der Waals surface area contributed by atoms with Gasteiger partial charge >= 0.3 is 18.2 Å². The van der Waals surface area contributed by atoms with E-state index in [9.17, 15) is 0 Å². The molecule has 0 radical (unpaired) electrons. The fourth-order valence-electron chi connectivity index (χ4n) is 0.809. The van der Waals surface area contributed by atoms with Crippen LogP contribution in [0.25, 0.3) is 0 Å². The van der Waals surface area contributed by atoms with Gasteiger partial charge in [0.1, 0.15) is 0 Å². The number of halogens is 2. The highest BCUT2D eigenvalue weighted by atomic mass is 79.9. The van der Waals surface area contributed by atoms with Gasteiger partial charge in [0.15, 0.2) is 0 Å². The highest BCUT2D eigenvalue weighted by Crippen LogP contribution is 2.07. The topological polar surface area (TPSA) is 0 Å². The molecule has 1 rings (SSSR count). The zero-order valence-corrected chi connectivity index (χ0v) is 9.45. The summed E-state index contributed by atoms with van der Waals surface area (Å²) in [5.74, 6) is 0. The second-order valence-corrected chi connectivity index (χ2v) is 5.35. The summed E-state index contributed by atoms with van der Waals surface area (Å²) < 4.78 is 1.43. The van der Waals surface area contributed by atoms with Crippen LogP contribution in [-0.4, -0.2) is 18.2 Å². The Balaban J connectivity index is 3.07. The van der Waals surface area contributed by atoms with E-state index in [4.69, 9.17) is 11.6 Å². The van der Waals surface area contributed by atoms with Crippen molar-refractivity contribution in [1.82, 2.24) is 0 Å². The van der Waals surface area contributed by atoms with Gasteiger partial charge in [-0.15, -0.1) is 3.69 Å². The molecular weight excluding hydrogens is 224 g/mol. The summed E-state index contributed by atoms with van der Waals surface area (Å²) in [7, 11) is 0. The van der Waals surface area contributed by atoms with Crippen LogP contribution in [0.4, 0.5) is 0 Å². The lowest BCUT2D eigenvalue weighted by Gasteiger charge is -2.00. The molecule has 0 bridgehead atoms. The van der Waals surface area contributed by atoms with Crippen LogP contribution >= 0.6 is 24.5 Å². The molecule has 0 unspecified atom stereocenters. The van der Waals surface area contributed by atoms with Gasteiger partial charge in [-0.05, 0) is 19.1 Å². The van der Waals surface area contributed by atoms with Gasteiger partial charge in [-0.1, -0.05) is 23.2 Å². The molecule has 50 valence electrons. The van der Waals surface area contributed by atoms with Gasteiger partial charge in [-0.2, -0.15) is 0 Å². The second kappa shape index (κ2) is 3.95. The largest absolute Gasteiger partial charge is 0.507 e. The van der Waals surface area contributed by atoms with Gasteiger partial charge in [-0.25, -0.2) is 0 Å². The molecule has 0 fully saturated rings. The Morgan fingerprint density at radius 1 is 1.50 bits per heavy atom. The van der Waals surface area contributed by atoms with E-state index in [2.05, 4.69) is 25.9 Å². The summed E-state index contributed by atoms with van der Waals surface area (Å²) in [6.45, 7) is 2.09. The molecule has 1 aromatic carbocycles. The van der Waals surface area contributed by atoms with E-state index in [1.165, 1.54) is 9.26 Å². The first kappa shape index (κ1) is 8.85. The lowest BCUT2D eigenvalue weighted by Crippen LogP contribution is -2.11. The highest BCUT2D eigenvalue weighted by Gasteiger charge is 1.98. The van der Waals surface area contributed by atoms with Gasteiger partial charge in [-0.3, -0.25) is 12.9 Å². The quantitative estimate of drug-likeness (QED) is 0.649. The van der Waals surface area contributed by atoms with Gasteiger partial charge < -0.3 is 0 Å². The Morgan fingerprint density at radius 3 is 2.70 bits per heavy atom. The minimum Gasteiger partial charge on any atom is -0.296 e. The molecule has 0 atom stereocenters. The molecule has 0 saturated carbocycles. The summed E-state index contributed by atoms with van der Waals surface area (Å²) in [5, 5.41) is 0.830. The van der Waals surface area contributed by atoms with E-state index >= 15 is 0 Å². The smallest absolute Gasteiger partial charge is 0.296 e. The predicted molar refractivity (Wildman–Crippen MR) is 50.5 cm³/mol. The molecule has 0 nitrogen and oxygen atoms in total. The average molecular weight is 230 g/mol. The third kappa shape index (κ3) is 2.12. The molecule has 0 aliphatic carbocycles. The Hall–Kier alpha value is 0.756. The van der Waals surface area contributed by atoms with Crippen LogP contribution in [0.3, 0.4) is 0 Å². The lowest BCUT2D eigenvalue weighted by atomic mass is 10.2. The van der Waals surface area contributed by atoms with Crippen molar-refractivity contribution in [1.29, 1.82) is 0 Å². The maximum absolute atomic E-state index is 5.77. The van der Waals surface area contributed by atoms with E-state index in [-0.39, 0.29) is 18.2 Å². The van der Waals surface area contributed by atoms with Gasteiger partial charge in [0.25, 0.3) is 0 Å². The number of benzene rings is 1. The molecule has 0 amide bonds. The standard InChI is InChI=1S/C7H6Cl.BrH.Mg/c1-6-3-2-4-7(8)5-6;;/h2,4-5H,1H3;1H;/q;;+1/p-1. The fourth-order valence-corrected chi connectivity index (χ4v) is 3.44. The molecule has 0 N–H and O–H groups in total. The van der Waals surface area contributed by atoms with Crippen molar-refractivity contribution in [3.8, 4) is 0 Å². The Morgan fingerprint density at radius 2 is 2.20 bits per heavy atom. The fraction of sp³-hybridized carbons (Fsp3) is 0.143. The van der Waals surface area contributed by atoms with Gasteiger partial charge in [0.2, 0.25) is 0 Å². The van der Waals surface area contributed by atoms with Crippen molar-refractivity contribution >= 4 is 46.4 Å². The molecule has 0 aliphatic heterocycles. The molecule has 10 heavy (non-hydrogen) atoms. The first-order chi connectivity index (χ1) is 4.74. The first-order valence-corrected chi connectivity index (χ1v) is 8.03. The van der Waals surface area contributed by atoms with Crippen LogP contribution in [-0.2, 0) is 0 Å². The lowest BCUT2D eigenvalue weighted by molar-refractivity contribution is 1.52. The van der Waals surface area contributed by atoms with Crippen molar-refractivity contribution in [2.45, 2.75) is 6.92 Å². The van der Waals surface area contributed by atoms with Crippen LogP contribution in [0, 0.1) is 6.92 Å². The third-order valence-corrected chi connectivity index (χ3v) is 4.58. The Labute approximate surface area is 81.6 Å². The number of hydrogen-bond donors (Lipinski definition) is 0. The number of rotatable bonds is 1. The molecule has 3 heteroatoms. The minimum atomic E-state index is -0.200. The Bertz CT molecular complexity index is 237. The monoisotopic (exact) mass is 228 g/mol. The molecule has 1 aromatic rings. The number of aryl methyl sites for hydroxylation is 1. The van der Waals surface area contributed by atoms with E-state index in [0.29, 0.717) is 0 Å². The zero-order valence-electron chi connectivity index (χ0n) is 5.70. The van der Waals surface area contributed by atoms with Crippen molar-refractivity contribution in [3.63, 3.8) is 0 Å². The first-order valence-electron chi connectivity index (χ1n) is 3.05. The van der Waals surface area contributed by atoms with E-state index in [1.807, 2.05) is 12.1 Å². The third-order valence-electron chi connectivity index (χ3n) is 1.45. The van der Waals surface area contributed by atoms with E-state index in [0.717, 1.165) is 5.02 Å². The van der Waals surface area contributed by atoms with E-state index < -0.39 is 0 Å². The van der Waals surface area contributed by atoms with Crippen LogP contribution in [0.2, 0.25) is 5.02 Å². The normalized spacial score (nSPS) is 9.10. The van der Waals surface area contributed by atoms with Crippen molar-refractivity contribution < 1.29 is 0 Å². The molecule has 0 spiro atoms. The van der Waals surface area contributed by atoms with Crippen molar-refractivity contribution in [3.05, 3.63) is 28.8 Å². The van der Waals surface area contributed by atoms with Crippen LogP contribution in [0.15, 0.2) is 18.2 Å². The van der Waals surface area contributed by atoms with Crippen molar-refractivity contribution in [2.24, 2.45) is 0 Å². The average Bonchev–Trinajstić information content (AvgIpc) is 1.88. The van der Waals surface area contributed by atoms with Crippen LogP contribution in [0.1, 0.15) is 5.56 Å². The zero-order chi connectivity index (χ0) is 7.56. The van der Waals surface area contributed by atoms with E-state index in [1.54, 1.807) is 0 Å². The molecule has 0 saturated heterocycles. The maximum Gasteiger partial charge on any atom is 0.507 e. The summed E-state index contributed by atoms with van der Waals surface area (Å²) in [5.41, 5.74) is 1.30. The summed E-state index contributed by atoms with van der Waals surface area (Å²) in [6, 6.07) is 6.04. The molecule has 0 aromatic heterocycles. The van der Waals surface area contributed by atoms with Crippen LogP contribution in [0.5, 0.6) is 0 Å².